The number of hydrogen-bond donors (Lipinski definition) is 20. The molecule has 6 aromatic carbocycles. The minimum absolute atomic E-state index is 0.00707. The third-order valence-corrected chi connectivity index (χ3v) is 23.2. The number of phenolic OH excluding ortho intramolecular Hbond substituents is 3. The zero-order chi connectivity index (χ0) is 90.9. The predicted octanol–water partition coefficient (Wildman–Crippen LogP) is 3.82. The zero-order valence-corrected chi connectivity index (χ0v) is 69.7. The van der Waals surface area contributed by atoms with Crippen molar-refractivity contribution in [3.63, 3.8) is 0 Å². The van der Waals surface area contributed by atoms with Gasteiger partial charge in [0.1, 0.15) is 76.5 Å². The summed E-state index contributed by atoms with van der Waals surface area (Å²) in [5.74, 6) is -21.2. The van der Waals surface area contributed by atoms with Crippen LogP contribution in [-0.2, 0) is 70.4 Å². The van der Waals surface area contributed by atoms with Gasteiger partial charge in [-0.3, -0.25) is 47.9 Å². The first-order chi connectivity index (χ1) is 58.5. The SMILES string of the molecule is CN[C@H](CC(C)C)C(=O)C[C@H]1C(=O)C[C@@H](CC(N)=O)C(=O)N[C@H]2C(=O)C[C@@H](C(N)=O)c3ccc(O)c(c3)-c3c(O)cc(O)cc3C(C(=O)CCCC(O)C(O)CCC(=O)Cc3ccc(CO)c(C(N)=O)c3O)NC(=O)C[C@H](O)c3ccc(c(Cl)c3)Oc3cc2cc(c3OC2O[C@@H](CO)[C@@H](O)[C@H](O)[C@@H]2O[C@@H]2C[C@](C)(N)[C@H](O)[C@@H](C)O2)Oc2ccc(cc2Cl)[C@H]1O. The number of aliphatic hydroxyl groups excluding tert-OH is 9. The van der Waals surface area contributed by atoms with Crippen molar-refractivity contribution in [2.45, 2.75) is 221 Å². The Hall–Kier alpha value is -10.4. The number of halogens is 2. The van der Waals surface area contributed by atoms with E-state index >= 15 is 19.2 Å². The van der Waals surface area contributed by atoms with E-state index in [1.807, 2.05) is 13.8 Å². The molecule has 6 heterocycles. The van der Waals surface area contributed by atoms with Crippen LogP contribution >= 0.6 is 23.2 Å². The third kappa shape index (κ3) is 22.6. The molecule has 670 valence electrons. The van der Waals surface area contributed by atoms with Crippen molar-refractivity contribution in [2.24, 2.45) is 40.7 Å². The lowest BCUT2D eigenvalue weighted by Crippen LogP contribution is -2.64. The number of ether oxygens (including phenoxy) is 6. The highest BCUT2D eigenvalue weighted by molar-refractivity contribution is 6.32. The average molecular weight is 1770 g/mol. The van der Waals surface area contributed by atoms with E-state index in [4.69, 9.17) is 74.6 Å². The molecule has 6 aromatic rings. The van der Waals surface area contributed by atoms with E-state index in [2.05, 4.69) is 16.0 Å². The lowest BCUT2D eigenvalue weighted by atomic mass is 9.81. The Morgan fingerprint density at radius 1 is 0.702 bits per heavy atom. The number of likely N-dealkylation sites (N-methyl/N-ethyl adjacent to an activating group) is 1. The highest BCUT2D eigenvalue weighted by Gasteiger charge is 2.52. The maximum Gasteiger partial charge on any atom is 0.252 e. The van der Waals surface area contributed by atoms with Crippen molar-refractivity contribution in [1.82, 2.24) is 16.0 Å². The number of aromatic hydroxyl groups is 4. The van der Waals surface area contributed by atoms with E-state index in [0.717, 1.165) is 54.6 Å². The van der Waals surface area contributed by atoms with Crippen LogP contribution in [0.1, 0.15) is 184 Å². The molecule has 0 aromatic heterocycles. The molecule has 38 heteroatoms. The number of Topliss-reactive ketones (excluding diaryl/α,β-unsaturated/α-hetero) is 5. The molecule has 2 fully saturated rings. The average Bonchev–Trinajstić information content (AvgIpc) is 0.769. The molecule has 0 radical (unpaired) electrons. The summed E-state index contributed by atoms with van der Waals surface area (Å²) in [5, 5.41) is 155. The lowest BCUT2D eigenvalue weighted by Gasteiger charge is -2.47. The number of hydrogen-bond acceptors (Lipinski definition) is 31. The summed E-state index contributed by atoms with van der Waals surface area (Å²) < 4.78 is 38.7. The normalized spacial score (nSPS) is 25.9. The summed E-state index contributed by atoms with van der Waals surface area (Å²) in [5.41, 5.74) is 19.9. The molecule has 4 unspecified atom stereocenters. The predicted molar refractivity (Wildman–Crippen MR) is 439 cm³/mol. The molecule has 6 aliphatic rings. The fraction of sp³-hybridized carbons (Fsp3) is 0.465. The van der Waals surface area contributed by atoms with Gasteiger partial charge in [0.2, 0.25) is 35.7 Å². The lowest BCUT2D eigenvalue weighted by molar-refractivity contribution is -0.333. The fourth-order valence-electron chi connectivity index (χ4n) is 15.8. The number of carbonyl (C=O) groups is 10. The van der Waals surface area contributed by atoms with Crippen LogP contribution in [0.2, 0.25) is 10.0 Å². The van der Waals surface area contributed by atoms with Gasteiger partial charge in [-0.15, -0.1) is 0 Å². The van der Waals surface area contributed by atoms with Crippen LogP contribution < -0.4 is 53.1 Å². The van der Waals surface area contributed by atoms with Gasteiger partial charge in [0.25, 0.3) is 5.91 Å². The van der Waals surface area contributed by atoms with Crippen LogP contribution in [-0.4, -0.2) is 211 Å². The molecule has 0 saturated carbocycles. The maximum atomic E-state index is 16.2. The monoisotopic (exact) mass is 1770 g/mol. The van der Waals surface area contributed by atoms with Crippen molar-refractivity contribution < 1.29 is 143 Å². The Bertz CT molecular complexity index is 5010. The molecule has 0 aliphatic carbocycles. The summed E-state index contributed by atoms with van der Waals surface area (Å²) in [6.07, 6.45) is -27.4. The standard InChI is InChI=1S/C86H103Cl2N7O29/c1-36(2)19-53(93-5)60(106)31-49-59(105)24-44(27-68(89)109)84(118)95-73-43-25-65(79(66(26-43)121-64-18-13-41(75(49)111)23-52(64)88)124-85-80(78(114)77(113)67(35-97)122-85)123-70-33-86(4,92)81(115)37(3)119-70)120-63-17-12-39(22-51(63)87)58(104)32-69(110)94-74(50-28-46(99)29-61(107)72(50)48-21-38(11-15-54(48)100)47(82(90)116)30-62(73)108)57(103)8-6-7-55(101)56(102)16-14-45(98)20-40-9-10-42(34-96)71(76(40)112)83(91)117/h9-13,15,17-18,21-23,25-26,28-29,36-37,44,47,49,53,55-56,58,67,70,73-75,77-78,80-81,85,93,96-97,99-102,104,107,111-115H,6-8,14,16,19-20,24,27,30-35,92H2,1-5H3,(H2,89,109)(H2,90,116)(H2,91,117)(H,94,110)(H,95,118)/t37-,44+,47-,49+,53-,55?,56?,58+,67+,70-,73-,74?,75-,77-,78+,80+,81-,85?,86+/m1/s1. The number of nitrogens with two attached hydrogens (primary N) is 4. The smallest absolute Gasteiger partial charge is 0.252 e. The quantitative estimate of drug-likeness (QED) is 0.0348. The number of phenols is 4. The van der Waals surface area contributed by atoms with Crippen molar-refractivity contribution >= 4 is 81.7 Å². The molecule has 24 N–H and O–H groups in total. The van der Waals surface area contributed by atoms with Gasteiger partial charge in [-0.1, -0.05) is 67.4 Å². The van der Waals surface area contributed by atoms with Crippen LogP contribution in [0.5, 0.6) is 51.7 Å². The molecule has 9 bridgehead atoms. The Balaban J connectivity index is 1.12. The highest BCUT2D eigenvalue weighted by Crippen LogP contribution is 2.51. The van der Waals surface area contributed by atoms with E-state index in [-0.39, 0.29) is 88.8 Å². The topological polar surface area (TPSA) is 629 Å². The second-order valence-corrected chi connectivity index (χ2v) is 33.2. The summed E-state index contributed by atoms with van der Waals surface area (Å²) in [4.78, 5) is 144. The number of benzene rings is 6. The molecule has 36 nitrogen and oxygen atoms in total. The summed E-state index contributed by atoms with van der Waals surface area (Å²) in [6, 6.07) is 11.7. The van der Waals surface area contributed by atoms with Gasteiger partial charge in [-0.2, -0.15) is 0 Å². The first-order valence-electron chi connectivity index (χ1n) is 40.0. The number of fused-ring (bicyclic) bond motifs is 16. The summed E-state index contributed by atoms with van der Waals surface area (Å²) in [7, 11) is 1.52. The molecule has 2 saturated heterocycles. The van der Waals surface area contributed by atoms with Crippen molar-refractivity contribution in [2.75, 3.05) is 13.7 Å². The Morgan fingerprint density at radius 3 is 1.94 bits per heavy atom. The molecule has 12 rings (SSSR count). The number of nitrogens with one attached hydrogen (secondary N) is 3. The van der Waals surface area contributed by atoms with Gasteiger partial charge in [0.05, 0.1) is 95.7 Å². The first-order valence-corrected chi connectivity index (χ1v) is 40.8. The first kappa shape index (κ1) is 95.9. The van der Waals surface area contributed by atoms with Crippen LogP contribution in [0, 0.1) is 17.8 Å². The number of rotatable bonds is 27. The van der Waals surface area contributed by atoms with E-state index in [0.29, 0.717) is 0 Å². The van der Waals surface area contributed by atoms with Crippen LogP contribution in [0.3, 0.4) is 0 Å². The summed E-state index contributed by atoms with van der Waals surface area (Å²) >= 11 is 14.3. The van der Waals surface area contributed by atoms with Crippen LogP contribution in [0.25, 0.3) is 11.1 Å². The zero-order valence-electron chi connectivity index (χ0n) is 68.1. The van der Waals surface area contributed by atoms with Gasteiger partial charge >= 0.3 is 0 Å². The largest absolute Gasteiger partial charge is 0.508 e. The summed E-state index contributed by atoms with van der Waals surface area (Å²) in [6.45, 7) is 5.04. The molecule has 6 aliphatic heterocycles. The van der Waals surface area contributed by atoms with Crippen molar-refractivity contribution in [1.29, 1.82) is 0 Å². The molecule has 5 amide bonds. The molecular weight excluding hydrogens is 1670 g/mol. The van der Waals surface area contributed by atoms with E-state index < -0.39 is 305 Å². The number of carbonyl (C=O) groups excluding carboxylic acids is 10. The van der Waals surface area contributed by atoms with E-state index in [1.54, 1.807) is 0 Å². The second kappa shape index (κ2) is 41.2. The van der Waals surface area contributed by atoms with Crippen molar-refractivity contribution in [3.8, 4) is 62.9 Å². The van der Waals surface area contributed by atoms with Gasteiger partial charge in [0, 0.05) is 79.7 Å². The molecule has 19 atom stereocenters. The second-order valence-electron chi connectivity index (χ2n) is 32.4. The number of ketones is 5. The molecule has 124 heavy (non-hydrogen) atoms. The Morgan fingerprint density at radius 2 is 1.34 bits per heavy atom. The third-order valence-electron chi connectivity index (χ3n) is 22.6. The van der Waals surface area contributed by atoms with Gasteiger partial charge < -0.3 is 134 Å². The number of primary amides is 3. The van der Waals surface area contributed by atoms with E-state index in [1.165, 1.54) is 57.3 Å². The van der Waals surface area contributed by atoms with Crippen LogP contribution in [0.15, 0.2) is 91.0 Å². The van der Waals surface area contributed by atoms with Crippen LogP contribution in [0.4, 0.5) is 0 Å². The number of amides is 5. The van der Waals surface area contributed by atoms with Gasteiger partial charge in [0.15, 0.2) is 41.2 Å². The van der Waals surface area contributed by atoms with Gasteiger partial charge in [-0.05, 0) is 140 Å². The number of aliphatic hydroxyl groups is 9. The van der Waals surface area contributed by atoms with Crippen molar-refractivity contribution in [3.05, 3.63) is 146 Å². The molecule has 0 spiro atoms. The Kier molecular flexibility index (Phi) is 31.8. The fourth-order valence-corrected chi connectivity index (χ4v) is 16.3. The minimum atomic E-state index is -2.22. The van der Waals surface area contributed by atoms with E-state index in [9.17, 15) is 95.2 Å². The molecular formula is C86H103Cl2N7O29. The highest BCUT2D eigenvalue weighted by atomic mass is 35.5. The minimum Gasteiger partial charge on any atom is -0.508 e. The maximum absolute atomic E-state index is 16.2. The Labute approximate surface area is 720 Å². The van der Waals surface area contributed by atoms with Gasteiger partial charge in [-0.25, -0.2) is 0 Å².